The molecule has 0 N–H and O–H groups in total. The highest BCUT2D eigenvalue weighted by Gasteiger charge is 1.81. The van der Waals surface area contributed by atoms with Crippen LogP contribution in [0, 0.1) is 0 Å². The Kier molecular flexibility index (Phi) is 2.46. The molecule has 0 unspecified atom stereocenters. The summed E-state index contributed by atoms with van der Waals surface area (Å²) in [4.78, 5) is 9.82. The van der Waals surface area contributed by atoms with E-state index in [9.17, 15) is 4.79 Å². The predicted molar refractivity (Wildman–Crippen MR) is 23.4 cm³/mol. The molecule has 0 spiro atoms. The zero-order chi connectivity index (χ0) is 4.99. The minimum Gasteiger partial charge on any atom is -0.466 e. The summed E-state index contributed by atoms with van der Waals surface area (Å²) in [6, 6.07) is 0. The van der Waals surface area contributed by atoms with Gasteiger partial charge in [0.25, 0.3) is 0 Å². The van der Waals surface area contributed by atoms with Crippen LogP contribution in [0.4, 0.5) is 0 Å². The SMILES string of the molecule is CCOC(C)=O.[H]. The normalized spacial score (nSPS) is 7.67. The molecule has 0 aliphatic heterocycles. The van der Waals surface area contributed by atoms with Gasteiger partial charge in [-0.15, -0.1) is 0 Å². The first-order valence-corrected chi connectivity index (χ1v) is 1.90. The maximum absolute atomic E-state index is 9.82. The van der Waals surface area contributed by atoms with Crippen molar-refractivity contribution < 1.29 is 11.0 Å². The topological polar surface area (TPSA) is 26.3 Å². The van der Waals surface area contributed by atoms with E-state index in [4.69, 9.17) is 0 Å². The van der Waals surface area contributed by atoms with Crippen LogP contribution in [-0.4, -0.2) is 12.6 Å². The van der Waals surface area contributed by atoms with Crippen molar-refractivity contribution in [2.75, 3.05) is 6.61 Å². The maximum atomic E-state index is 9.82. The fourth-order valence-corrected chi connectivity index (χ4v) is 0.203. The maximum Gasteiger partial charge on any atom is 0.302 e. The highest BCUT2D eigenvalue weighted by atomic mass is 16.5. The van der Waals surface area contributed by atoms with E-state index in [-0.39, 0.29) is 7.40 Å². The molecule has 0 aromatic carbocycles. The molecule has 0 atom stereocenters. The molecule has 1 radical (unpaired) electrons. The average Bonchev–Trinajstić information content (AvgIpc) is 1.35. The lowest BCUT2D eigenvalue weighted by Crippen LogP contribution is -1.95. The van der Waals surface area contributed by atoms with Crippen LogP contribution in [-0.2, 0) is 9.53 Å². The van der Waals surface area contributed by atoms with Crippen molar-refractivity contribution in [2.45, 2.75) is 13.8 Å². The summed E-state index contributed by atoms with van der Waals surface area (Å²) in [5, 5.41) is 0. The Hall–Kier alpha value is -0.530. The summed E-state index contributed by atoms with van der Waals surface area (Å²) in [7, 11) is 0. The number of carbonyl (C=O) groups is 1. The second kappa shape index (κ2) is 2.69. The first-order chi connectivity index (χ1) is 2.77. The Balaban J connectivity index is 0. The van der Waals surface area contributed by atoms with Gasteiger partial charge in [0.15, 0.2) is 0 Å². The minimum absolute atomic E-state index is 0. The summed E-state index contributed by atoms with van der Waals surface area (Å²) < 4.78 is 4.40. The number of rotatable bonds is 1. The number of carbonyl (C=O) groups excluding carboxylic acids is 1. The third-order valence-corrected chi connectivity index (χ3v) is 0.348. The molecular weight excluding hydrogens is 80.0 g/mol. The van der Waals surface area contributed by atoms with Crippen LogP contribution in [0.2, 0.25) is 0 Å². The van der Waals surface area contributed by atoms with Crippen molar-refractivity contribution in [2.24, 2.45) is 0 Å². The minimum atomic E-state index is -0.211. The Bertz CT molecular complexity index is 53.7. The predicted octanol–water partition coefficient (Wildman–Crippen LogP) is 0.682. The van der Waals surface area contributed by atoms with E-state index in [1.807, 2.05) is 0 Å². The first kappa shape index (κ1) is 5.47. The van der Waals surface area contributed by atoms with Crippen molar-refractivity contribution in [1.29, 1.82) is 0 Å². The molecule has 0 saturated carbocycles. The highest BCUT2D eigenvalue weighted by molar-refractivity contribution is 5.65. The van der Waals surface area contributed by atoms with E-state index in [1.165, 1.54) is 6.92 Å². The fourth-order valence-electron chi connectivity index (χ4n) is 0.203. The van der Waals surface area contributed by atoms with Crippen LogP contribution in [0.15, 0.2) is 0 Å². The summed E-state index contributed by atoms with van der Waals surface area (Å²) in [6.07, 6.45) is 0. The quantitative estimate of drug-likeness (QED) is 0.441. The first-order valence-electron chi connectivity index (χ1n) is 1.90. The molecule has 0 bridgehead atoms. The molecule has 0 aliphatic carbocycles. The second-order valence-electron chi connectivity index (χ2n) is 0.925. The molecule has 0 heterocycles. The summed E-state index contributed by atoms with van der Waals surface area (Å²) in [6.45, 7) is 3.65. The summed E-state index contributed by atoms with van der Waals surface area (Å²) in [5.41, 5.74) is 0. The molecule has 0 aromatic heterocycles. The van der Waals surface area contributed by atoms with Gasteiger partial charge in [-0.3, -0.25) is 4.79 Å². The molecule has 0 aromatic rings. The number of ether oxygens (including phenoxy) is 1. The molecule has 2 nitrogen and oxygen atoms in total. The monoisotopic (exact) mass is 89.1 g/mol. The van der Waals surface area contributed by atoms with Crippen molar-refractivity contribution >= 4 is 5.97 Å². The van der Waals surface area contributed by atoms with Gasteiger partial charge in [-0.25, -0.2) is 0 Å². The zero-order valence-corrected chi connectivity index (χ0v) is 4.02. The lowest BCUT2D eigenvalue weighted by molar-refractivity contribution is -0.140. The standard InChI is InChI=1S/C4H8O2.H/c1-3-6-4(2)5;/h3H2,1-2H3;. The Morgan fingerprint density at radius 3 is 2.50 bits per heavy atom. The van der Waals surface area contributed by atoms with Crippen LogP contribution in [0.3, 0.4) is 0 Å². The second-order valence-corrected chi connectivity index (χ2v) is 0.925. The molecule has 6 heavy (non-hydrogen) atoms. The van der Waals surface area contributed by atoms with Gasteiger partial charge in [0.05, 0.1) is 6.61 Å². The van der Waals surface area contributed by atoms with Crippen LogP contribution in [0.25, 0.3) is 0 Å². The average molecular weight is 89.1 g/mol. The highest BCUT2D eigenvalue weighted by Crippen LogP contribution is 1.69. The van der Waals surface area contributed by atoms with Gasteiger partial charge in [0, 0.05) is 8.35 Å². The molecule has 0 rings (SSSR count). The van der Waals surface area contributed by atoms with Crippen molar-refractivity contribution in [1.82, 2.24) is 0 Å². The third-order valence-electron chi connectivity index (χ3n) is 0.348. The van der Waals surface area contributed by atoms with Crippen LogP contribution < -0.4 is 0 Å². The van der Waals surface area contributed by atoms with Gasteiger partial charge in [-0.1, -0.05) is 0 Å². The van der Waals surface area contributed by atoms with E-state index in [2.05, 4.69) is 4.74 Å². The van der Waals surface area contributed by atoms with E-state index >= 15 is 0 Å². The van der Waals surface area contributed by atoms with Crippen molar-refractivity contribution in [3.05, 3.63) is 0 Å². The molecule has 0 aliphatic rings. The van der Waals surface area contributed by atoms with Gasteiger partial charge >= 0.3 is 5.97 Å². The van der Waals surface area contributed by atoms with E-state index < -0.39 is 0 Å². The largest absolute Gasteiger partial charge is 0.466 e. The fraction of sp³-hybridized carbons (Fsp3) is 0.750. The van der Waals surface area contributed by atoms with E-state index in [0.717, 1.165) is 0 Å². The smallest absolute Gasteiger partial charge is 0.302 e. The van der Waals surface area contributed by atoms with Crippen LogP contribution in [0.5, 0.6) is 0 Å². The molecular formula is C4H9O2. The molecule has 0 saturated heterocycles. The van der Waals surface area contributed by atoms with Gasteiger partial charge in [0.1, 0.15) is 0 Å². The lowest BCUT2D eigenvalue weighted by Gasteiger charge is -1.89. The van der Waals surface area contributed by atoms with E-state index in [0.29, 0.717) is 6.61 Å². The van der Waals surface area contributed by atoms with Gasteiger partial charge < -0.3 is 4.74 Å². The lowest BCUT2D eigenvalue weighted by atomic mass is 10.8. The zero-order valence-electron chi connectivity index (χ0n) is 5.02. The van der Waals surface area contributed by atoms with Crippen molar-refractivity contribution in [3.8, 4) is 0 Å². The van der Waals surface area contributed by atoms with Gasteiger partial charge in [-0.2, -0.15) is 0 Å². The van der Waals surface area contributed by atoms with Gasteiger partial charge in [-0.05, 0) is 6.92 Å². The third kappa shape index (κ3) is 3.47. The Morgan fingerprint density at radius 1 is 2.00 bits per heavy atom. The van der Waals surface area contributed by atoms with Crippen molar-refractivity contribution in [3.63, 3.8) is 0 Å². The van der Waals surface area contributed by atoms with E-state index in [1.54, 1.807) is 6.92 Å². The Morgan fingerprint density at radius 2 is 2.50 bits per heavy atom. The number of hydrogen-bond acceptors (Lipinski definition) is 2. The number of hydrogen-bond donors (Lipinski definition) is 0. The van der Waals surface area contributed by atoms with Gasteiger partial charge in [0.2, 0.25) is 0 Å². The van der Waals surface area contributed by atoms with Crippen LogP contribution in [0.1, 0.15) is 15.3 Å². The molecule has 0 amide bonds. The molecule has 2 heteroatoms. The number of esters is 1. The molecule has 37 valence electrons. The summed E-state index contributed by atoms with van der Waals surface area (Å²) >= 11 is 0. The summed E-state index contributed by atoms with van der Waals surface area (Å²) in [5.74, 6) is -0.211. The Labute approximate surface area is 38.6 Å². The molecule has 0 fully saturated rings. The van der Waals surface area contributed by atoms with Crippen LogP contribution >= 0.6 is 0 Å².